The van der Waals surface area contributed by atoms with Crippen molar-refractivity contribution in [2.24, 2.45) is 0 Å². The number of anilines is 1. The average molecular weight is 509 g/mol. The number of rotatable bonds is 7. The highest BCUT2D eigenvalue weighted by molar-refractivity contribution is 6.23. The molecule has 0 atom stereocenters. The van der Waals surface area contributed by atoms with E-state index in [0.29, 0.717) is 18.4 Å². The standard InChI is InChI=1S/C26H22F3N5O3/c1-25(2)23(35)34(20-6-4-18(15-30)21(14-20)26(27,28)29)24(36)33(25)12-3-13-37-22-7-5-19(16-32-22)17-8-10-31-11-9-17/h4-11,14,16H,3,12-13H2,1-2H3. The molecule has 1 fully saturated rings. The number of aromatic nitrogens is 2. The Balaban J connectivity index is 1.42. The van der Waals surface area contributed by atoms with Gasteiger partial charge in [0.15, 0.2) is 0 Å². The fraction of sp³-hybridized carbons (Fsp3) is 0.269. The Labute approximate surface area is 210 Å². The van der Waals surface area contributed by atoms with Gasteiger partial charge in [-0.25, -0.2) is 14.7 Å². The minimum atomic E-state index is -4.82. The lowest BCUT2D eigenvalue weighted by Gasteiger charge is -2.27. The van der Waals surface area contributed by atoms with Gasteiger partial charge in [-0.2, -0.15) is 18.4 Å². The predicted molar refractivity (Wildman–Crippen MR) is 127 cm³/mol. The van der Waals surface area contributed by atoms with Crippen molar-refractivity contribution in [3.05, 3.63) is 72.2 Å². The van der Waals surface area contributed by atoms with E-state index in [-0.39, 0.29) is 18.8 Å². The quantitative estimate of drug-likeness (QED) is 0.327. The summed E-state index contributed by atoms with van der Waals surface area (Å²) in [5.41, 5.74) is -1.47. The molecule has 0 saturated carbocycles. The van der Waals surface area contributed by atoms with Crippen molar-refractivity contribution in [1.29, 1.82) is 5.26 Å². The number of nitrogens with zero attached hydrogens (tertiary/aromatic N) is 5. The van der Waals surface area contributed by atoms with Gasteiger partial charge >= 0.3 is 12.2 Å². The summed E-state index contributed by atoms with van der Waals surface area (Å²) < 4.78 is 45.9. The molecule has 3 aromatic rings. The fourth-order valence-electron chi connectivity index (χ4n) is 4.02. The van der Waals surface area contributed by atoms with E-state index in [9.17, 15) is 22.8 Å². The zero-order chi connectivity index (χ0) is 26.8. The van der Waals surface area contributed by atoms with E-state index in [1.54, 1.807) is 24.7 Å². The lowest BCUT2D eigenvalue weighted by molar-refractivity contribution is -0.137. The van der Waals surface area contributed by atoms with Crippen molar-refractivity contribution < 1.29 is 27.5 Å². The molecular weight excluding hydrogens is 487 g/mol. The van der Waals surface area contributed by atoms with Crippen LogP contribution in [0.4, 0.5) is 23.7 Å². The third-order valence-electron chi connectivity index (χ3n) is 6.04. The van der Waals surface area contributed by atoms with Crippen molar-refractivity contribution in [3.8, 4) is 23.1 Å². The van der Waals surface area contributed by atoms with Gasteiger partial charge in [0, 0.05) is 36.8 Å². The Morgan fingerprint density at radius 3 is 2.41 bits per heavy atom. The molecule has 190 valence electrons. The molecular formula is C26H22F3N5O3. The van der Waals surface area contributed by atoms with Crippen LogP contribution in [0.1, 0.15) is 31.4 Å². The summed E-state index contributed by atoms with van der Waals surface area (Å²) in [5, 5.41) is 9.01. The van der Waals surface area contributed by atoms with Gasteiger partial charge < -0.3 is 9.64 Å². The second-order valence-electron chi connectivity index (χ2n) is 8.80. The highest BCUT2D eigenvalue weighted by Crippen LogP contribution is 2.37. The first kappa shape index (κ1) is 25.6. The number of carbonyl (C=O) groups excluding carboxylic acids is 2. The number of halogens is 3. The number of amides is 3. The molecule has 11 heteroatoms. The van der Waals surface area contributed by atoms with Gasteiger partial charge in [-0.3, -0.25) is 9.78 Å². The summed E-state index contributed by atoms with van der Waals surface area (Å²) in [4.78, 5) is 36.4. The number of hydrogen-bond donors (Lipinski definition) is 0. The van der Waals surface area contributed by atoms with Gasteiger partial charge in [0.25, 0.3) is 5.91 Å². The molecule has 0 N–H and O–H groups in total. The van der Waals surface area contributed by atoms with E-state index < -0.39 is 34.8 Å². The minimum absolute atomic E-state index is 0.131. The maximum atomic E-state index is 13.4. The number of nitriles is 1. The van der Waals surface area contributed by atoms with E-state index >= 15 is 0 Å². The lowest BCUT2D eigenvalue weighted by atomic mass is 10.0. The molecule has 1 aliphatic rings. The van der Waals surface area contributed by atoms with E-state index in [2.05, 4.69) is 9.97 Å². The van der Waals surface area contributed by atoms with E-state index in [4.69, 9.17) is 10.00 Å². The van der Waals surface area contributed by atoms with Crippen LogP contribution in [0.3, 0.4) is 0 Å². The summed E-state index contributed by atoms with van der Waals surface area (Å²) in [5.74, 6) is -0.274. The Hall–Kier alpha value is -4.46. The van der Waals surface area contributed by atoms with Gasteiger partial charge in [0.2, 0.25) is 5.88 Å². The van der Waals surface area contributed by atoms with E-state index in [1.165, 1.54) is 24.8 Å². The number of urea groups is 1. The predicted octanol–water partition coefficient (Wildman–Crippen LogP) is 5.05. The first-order valence-electron chi connectivity index (χ1n) is 11.3. The van der Waals surface area contributed by atoms with Crippen LogP contribution in [-0.2, 0) is 11.0 Å². The fourth-order valence-corrected chi connectivity index (χ4v) is 4.02. The topological polar surface area (TPSA) is 99.4 Å². The van der Waals surface area contributed by atoms with Crippen LogP contribution in [0.5, 0.6) is 5.88 Å². The van der Waals surface area contributed by atoms with Gasteiger partial charge in [-0.15, -0.1) is 0 Å². The summed E-state index contributed by atoms with van der Waals surface area (Å²) in [7, 11) is 0. The molecule has 0 radical (unpaired) electrons. The molecule has 3 heterocycles. The number of ether oxygens (including phenoxy) is 1. The number of pyridine rings is 2. The molecule has 0 unspecified atom stereocenters. The van der Waals surface area contributed by atoms with Crippen molar-refractivity contribution in [2.75, 3.05) is 18.1 Å². The van der Waals surface area contributed by atoms with Gasteiger partial charge in [0.05, 0.1) is 29.5 Å². The number of benzene rings is 1. The van der Waals surface area contributed by atoms with Crippen LogP contribution in [0.15, 0.2) is 61.1 Å². The summed E-state index contributed by atoms with van der Waals surface area (Å²) in [6.07, 6.45) is 0.572. The largest absolute Gasteiger partial charge is 0.478 e. The SMILES string of the molecule is CC1(C)C(=O)N(c2ccc(C#N)c(C(F)(F)F)c2)C(=O)N1CCCOc1ccc(-c2ccncc2)cn1. The maximum absolute atomic E-state index is 13.4. The van der Waals surface area contributed by atoms with Crippen molar-refractivity contribution in [1.82, 2.24) is 14.9 Å². The van der Waals surface area contributed by atoms with Crippen LogP contribution < -0.4 is 9.64 Å². The third kappa shape index (κ3) is 5.09. The first-order chi connectivity index (χ1) is 17.5. The van der Waals surface area contributed by atoms with Crippen LogP contribution in [0, 0.1) is 11.3 Å². The molecule has 4 rings (SSSR count). The molecule has 8 nitrogen and oxygen atoms in total. The smallest absolute Gasteiger partial charge is 0.417 e. The Bertz CT molecular complexity index is 1350. The molecule has 37 heavy (non-hydrogen) atoms. The van der Waals surface area contributed by atoms with Crippen molar-refractivity contribution >= 4 is 17.6 Å². The third-order valence-corrected chi connectivity index (χ3v) is 6.04. The van der Waals surface area contributed by atoms with Crippen LogP contribution in [0.25, 0.3) is 11.1 Å². The van der Waals surface area contributed by atoms with E-state index in [1.807, 2.05) is 18.2 Å². The van der Waals surface area contributed by atoms with Gasteiger partial charge in [0.1, 0.15) is 5.54 Å². The molecule has 3 amide bonds. The molecule has 0 bridgehead atoms. The normalized spacial score (nSPS) is 15.1. The number of imide groups is 1. The molecule has 2 aromatic heterocycles. The van der Waals surface area contributed by atoms with Gasteiger partial charge in [-0.05, 0) is 62.2 Å². The molecule has 1 saturated heterocycles. The summed E-state index contributed by atoms with van der Waals surface area (Å²) in [6.45, 7) is 3.39. The van der Waals surface area contributed by atoms with Crippen molar-refractivity contribution in [3.63, 3.8) is 0 Å². The van der Waals surface area contributed by atoms with E-state index in [0.717, 1.165) is 28.2 Å². The zero-order valence-corrected chi connectivity index (χ0v) is 20.0. The minimum Gasteiger partial charge on any atom is -0.478 e. The highest BCUT2D eigenvalue weighted by Gasteiger charge is 2.52. The van der Waals surface area contributed by atoms with Crippen LogP contribution in [-0.4, -0.2) is 45.5 Å². The lowest BCUT2D eigenvalue weighted by Crippen LogP contribution is -2.44. The Morgan fingerprint density at radius 2 is 1.78 bits per heavy atom. The second-order valence-corrected chi connectivity index (χ2v) is 8.80. The molecule has 1 aliphatic heterocycles. The van der Waals surface area contributed by atoms with Crippen molar-refractivity contribution in [2.45, 2.75) is 32.0 Å². The van der Waals surface area contributed by atoms with Crippen LogP contribution in [0.2, 0.25) is 0 Å². The number of hydrogen-bond acceptors (Lipinski definition) is 6. The monoisotopic (exact) mass is 509 g/mol. The second kappa shape index (κ2) is 9.89. The first-order valence-corrected chi connectivity index (χ1v) is 11.3. The molecule has 0 spiro atoms. The Kier molecular flexibility index (Phi) is 6.85. The zero-order valence-electron chi connectivity index (χ0n) is 20.0. The average Bonchev–Trinajstić information content (AvgIpc) is 3.05. The highest BCUT2D eigenvalue weighted by atomic mass is 19.4. The maximum Gasteiger partial charge on any atom is 0.417 e. The number of alkyl halides is 3. The Morgan fingerprint density at radius 1 is 1.05 bits per heavy atom. The number of carbonyl (C=O) groups is 2. The molecule has 0 aliphatic carbocycles. The summed E-state index contributed by atoms with van der Waals surface area (Å²) in [6, 6.07) is 10.8. The van der Waals surface area contributed by atoms with Crippen LogP contribution >= 0.6 is 0 Å². The van der Waals surface area contributed by atoms with Gasteiger partial charge in [-0.1, -0.05) is 0 Å². The molecule has 1 aromatic carbocycles. The summed E-state index contributed by atoms with van der Waals surface area (Å²) >= 11 is 0.